The van der Waals surface area contributed by atoms with Crippen molar-refractivity contribution >= 4 is 11.5 Å². The van der Waals surface area contributed by atoms with E-state index in [4.69, 9.17) is 11.6 Å². The number of hydrogen-bond acceptors (Lipinski definition) is 4. The summed E-state index contributed by atoms with van der Waals surface area (Å²) in [6, 6.07) is 8.30. The summed E-state index contributed by atoms with van der Waals surface area (Å²) in [6.07, 6.45) is 10.1. The predicted octanol–water partition coefficient (Wildman–Crippen LogP) is 5.94. The molecule has 1 aromatic carbocycles. The van der Waals surface area contributed by atoms with Gasteiger partial charge in [0.25, 0.3) is 5.56 Å². The lowest BCUT2D eigenvalue weighted by atomic mass is 9.86. The van der Waals surface area contributed by atoms with Crippen molar-refractivity contribution in [2.45, 2.75) is 57.8 Å². The van der Waals surface area contributed by atoms with Gasteiger partial charge in [0, 0.05) is 30.3 Å². The average Bonchev–Trinajstić information content (AvgIpc) is 3.49. The highest BCUT2D eigenvalue weighted by Crippen LogP contribution is 2.46. The van der Waals surface area contributed by atoms with Crippen LogP contribution >= 0.6 is 0 Å². The summed E-state index contributed by atoms with van der Waals surface area (Å²) >= 11 is 0. The Kier molecular flexibility index (Phi) is 5.21. The maximum atomic E-state index is 14.6. The second-order valence-corrected chi connectivity index (χ2v) is 10.4. The van der Waals surface area contributed by atoms with Crippen LogP contribution in [0.25, 0.3) is 21.9 Å². The van der Waals surface area contributed by atoms with E-state index in [9.17, 15) is 9.18 Å². The van der Waals surface area contributed by atoms with Crippen LogP contribution in [0.2, 0.25) is 0 Å². The van der Waals surface area contributed by atoms with Crippen molar-refractivity contribution in [2.24, 2.45) is 5.41 Å². The second kappa shape index (κ2) is 8.30. The highest BCUT2D eigenvalue weighted by atomic mass is 19.1. The molecule has 7 heteroatoms. The Morgan fingerprint density at radius 1 is 1.14 bits per heavy atom. The molecule has 0 radical (unpaired) electrons. The molecular formula is C28H28FN5O. The van der Waals surface area contributed by atoms with Crippen molar-refractivity contribution < 1.29 is 4.39 Å². The Hall–Kier alpha value is -3.53. The number of aromatic nitrogens is 3. The zero-order chi connectivity index (χ0) is 24.2. The van der Waals surface area contributed by atoms with Crippen molar-refractivity contribution in [3.05, 3.63) is 75.4 Å². The third kappa shape index (κ3) is 3.81. The van der Waals surface area contributed by atoms with Crippen LogP contribution in [0.1, 0.15) is 62.1 Å². The van der Waals surface area contributed by atoms with Gasteiger partial charge in [0.15, 0.2) is 0 Å². The minimum atomic E-state index is -0.617. The standard InChI is InChI=1S/C28H28FN5O/c1-18-25(33-14-13-28(17-33)11-3-4-12-28)32-26(20-7-9-24(30-2)22(29)15-20)34(27(18)35)21-8-10-23(31-16-21)19-5-6-19/h7-10,15-16,19H,3-6,11-14,17H2,1H3. The van der Waals surface area contributed by atoms with Crippen molar-refractivity contribution in [2.75, 3.05) is 18.0 Å². The molecule has 0 unspecified atom stereocenters. The lowest BCUT2D eigenvalue weighted by molar-refractivity contribution is 0.340. The van der Waals surface area contributed by atoms with E-state index in [1.165, 1.54) is 42.4 Å². The van der Waals surface area contributed by atoms with Crippen molar-refractivity contribution in [3.63, 3.8) is 0 Å². The monoisotopic (exact) mass is 469 g/mol. The lowest BCUT2D eigenvalue weighted by Crippen LogP contribution is -2.31. The summed E-state index contributed by atoms with van der Waals surface area (Å²) in [6.45, 7) is 10.8. The molecule has 0 N–H and O–H groups in total. The third-order valence-electron chi connectivity index (χ3n) is 8.04. The summed E-state index contributed by atoms with van der Waals surface area (Å²) in [5.74, 6) is 0.950. The highest BCUT2D eigenvalue weighted by Gasteiger charge is 2.41. The molecule has 1 spiro atoms. The normalized spacial score (nSPS) is 18.8. The van der Waals surface area contributed by atoms with Gasteiger partial charge in [0.1, 0.15) is 17.5 Å². The van der Waals surface area contributed by atoms with Crippen LogP contribution < -0.4 is 10.5 Å². The second-order valence-electron chi connectivity index (χ2n) is 10.4. The van der Waals surface area contributed by atoms with Gasteiger partial charge < -0.3 is 4.90 Å². The Bertz CT molecular complexity index is 1390. The first-order valence-corrected chi connectivity index (χ1v) is 12.5. The van der Waals surface area contributed by atoms with Gasteiger partial charge in [0.2, 0.25) is 5.69 Å². The Morgan fingerprint density at radius 3 is 2.60 bits per heavy atom. The van der Waals surface area contributed by atoms with Crippen molar-refractivity contribution in [1.82, 2.24) is 14.5 Å². The fraction of sp³-hybridized carbons (Fsp3) is 0.429. The van der Waals surface area contributed by atoms with E-state index in [2.05, 4.69) is 14.7 Å². The molecule has 1 aliphatic heterocycles. The van der Waals surface area contributed by atoms with Crippen LogP contribution in [0.4, 0.5) is 15.9 Å². The molecule has 3 aromatic rings. The van der Waals surface area contributed by atoms with Crippen molar-refractivity contribution in [3.8, 4) is 17.1 Å². The van der Waals surface area contributed by atoms with Gasteiger partial charge in [-0.2, -0.15) is 0 Å². The molecule has 0 amide bonds. The van der Waals surface area contributed by atoms with Gasteiger partial charge in [-0.1, -0.05) is 25.0 Å². The van der Waals surface area contributed by atoms with Gasteiger partial charge in [-0.25, -0.2) is 14.2 Å². The predicted molar refractivity (Wildman–Crippen MR) is 134 cm³/mol. The smallest absolute Gasteiger partial charge is 0.263 e. The van der Waals surface area contributed by atoms with E-state index in [-0.39, 0.29) is 11.2 Å². The fourth-order valence-corrected chi connectivity index (χ4v) is 5.87. The molecule has 6 nitrogen and oxygen atoms in total. The Labute approximate surface area is 204 Å². The third-order valence-corrected chi connectivity index (χ3v) is 8.04. The molecule has 2 saturated carbocycles. The van der Waals surface area contributed by atoms with E-state index in [0.717, 1.165) is 38.0 Å². The number of pyridine rings is 1. The van der Waals surface area contributed by atoms with E-state index in [0.29, 0.717) is 39.8 Å². The van der Waals surface area contributed by atoms with E-state index in [1.54, 1.807) is 12.3 Å². The first kappa shape index (κ1) is 22.0. The Morgan fingerprint density at radius 2 is 1.94 bits per heavy atom. The van der Waals surface area contributed by atoms with Crippen LogP contribution in [0.5, 0.6) is 0 Å². The molecule has 1 saturated heterocycles. The Balaban J connectivity index is 1.50. The van der Waals surface area contributed by atoms with Gasteiger partial charge in [-0.3, -0.25) is 14.3 Å². The molecule has 3 aliphatic rings. The maximum absolute atomic E-state index is 14.6. The van der Waals surface area contributed by atoms with Gasteiger partial charge in [-0.05, 0) is 62.6 Å². The number of rotatable bonds is 4. The maximum Gasteiger partial charge on any atom is 0.263 e. The van der Waals surface area contributed by atoms with Crippen LogP contribution in [0.3, 0.4) is 0 Å². The van der Waals surface area contributed by atoms with Crippen molar-refractivity contribution in [1.29, 1.82) is 0 Å². The first-order valence-electron chi connectivity index (χ1n) is 12.5. The molecule has 6 rings (SSSR count). The molecule has 0 atom stereocenters. The summed E-state index contributed by atoms with van der Waals surface area (Å²) in [5.41, 5.74) is 2.81. The molecule has 3 fully saturated rings. The molecule has 2 aliphatic carbocycles. The summed E-state index contributed by atoms with van der Waals surface area (Å²) in [5, 5.41) is 0. The van der Waals surface area contributed by atoms with E-state index in [1.807, 2.05) is 19.1 Å². The summed E-state index contributed by atoms with van der Waals surface area (Å²) in [4.78, 5) is 28.9. The number of hydrogen-bond donors (Lipinski definition) is 0. The fourth-order valence-electron chi connectivity index (χ4n) is 5.87. The van der Waals surface area contributed by atoms with E-state index < -0.39 is 5.82 Å². The lowest BCUT2D eigenvalue weighted by Gasteiger charge is -2.26. The van der Waals surface area contributed by atoms with Gasteiger partial charge in [-0.15, -0.1) is 0 Å². The number of benzene rings is 1. The number of anilines is 1. The number of halogens is 1. The SMILES string of the molecule is [C-]#[N+]c1ccc(-c2nc(N3CCC4(CCCC4)C3)c(C)c(=O)n2-c2ccc(C3CC3)nc2)cc1F. The van der Waals surface area contributed by atoms with Gasteiger partial charge >= 0.3 is 0 Å². The largest absolute Gasteiger partial charge is 0.356 e. The molecular weight excluding hydrogens is 441 g/mol. The molecule has 35 heavy (non-hydrogen) atoms. The van der Waals surface area contributed by atoms with Crippen LogP contribution in [0.15, 0.2) is 41.3 Å². The summed E-state index contributed by atoms with van der Waals surface area (Å²) in [7, 11) is 0. The quantitative estimate of drug-likeness (QED) is 0.444. The van der Waals surface area contributed by atoms with Crippen LogP contribution in [-0.4, -0.2) is 27.6 Å². The van der Waals surface area contributed by atoms with Crippen LogP contribution in [-0.2, 0) is 0 Å². The topological polar surface area (TPSA) is 55.4 Å². The van der Waals surface area contributed by atoms with Crippen LogP contribution in [0, 0.1) is 24.7 Å². The zero-order valence-corrected chi connectivity index (χ0v) is 19.9. The molecule has 3 heterocycles. The van der Waals surface area contributed by atoms with E-state index >= 15 is 0 Å². The zero-order valence-electron chi connectivity index (χ0n) is 19.9. The summed E-state index contributed by atoms with van der Waals surface area (Å²) < 4.78 is 16.2. The minimum absolute atomic E-state index is 0.0480. The first-order chi connectivity index (χ1) is 17.0. The average molecular weight is 470 g/mol. The minimum Gasteiger partial charge on any atom is -0.356 e. The molecule has 0 bridgehead atoms. The number of nitrogens with zero attached hydrogens (tertiary/aromatic N) is 5. The van der Waals surface area contributed by atoms with Gasteiger partial charge in [0.05, 0.1) is 24.0 Å². The molecule has 178 valence electrons. The molecule has 2 aromatic heterocycles. The highest BCUT2D eigenvalue weighted by molar-refractivity contribution is 5.66.